The molecule has 182 valence electrons. The van der Waals surface area contributed by atoms with Gasteiger partial charge in [0.1, 0.15) is 5.82 Å². The fourth-order valence-electron chi connectivity index (χ4n) is 3.08. The number of ether oxygens (including phenoxy) is 1. The molecule has 0 spiro atoms. The number of anilines is 2. The summed E-state index contributed by atoms with van der Waals surface area (Å²) in [5.74, 6) is -2.29. The molecule has 8 nitrogen and oxygen atoms in total. The van der Waals surface area contributed by atoms with E-state index < -0.39 is 33.8 Å². The molecule has 0 saturated carbocycles. The average molecular weight is 499 g/mol. The zero-order valence-electron chi connectivity index (χ0n) is 19.2. The molecular weight excluding hydrogens is 475 g/mol. The summed E-state index contributed by atoms with van der Waals surface area (Å²) < 4.78 is 46.6. The van der Waals surface area contributed by atoms with Gasteiger partial charge in [-0.1, -0.05) is 24.3 Å². The van der Waals surface area contributed by atoms with Crippen molar-refractivity contribution >= 4 is 39.1 Å². The third kappa shape index (κ3) is 6.30. The SMILES string of the molecule is CC(=O)c1cccc(NC(=O)[C@@H](C)OC(=O)c2ccccc2NS(=O)(=O)c2ccc(F)c(C)c2)c1. The number of para-hydroxylation sites is 1. The number of aryl methyl sites for hydroxylation is 1. The molecule has 0 radical (unpaired) electrons. The van der Waals surface area contributed by atoms with E-state index in [2.05, 4.69) is 10.0 Å². The number of hydrogen-bond donors (Lipinski definition) is 2. The van der Waals surface area contributed by atoms with Crippen LogP contribution < -0.4 is 10.0 Å². The lowest BCUT2D eigenvalue weighted by Gasteiger charge is -2.16. The van der Waals surface area contributed by atoms with Crippen molar-refractivity contribution in [3.63, 3.8) is 0 Å². The number of ketones is 1. The Morgan fingerprint density at radius 2 is 1.69 bits per heavy atom. The van der Waals surface area contributed by atoms with E-state index >= 15 is 0 Å². The molecule has 0 unspecified atom stereocenters. The monoisotopic (exact) mass is 498 g/mol. The van der Waals surface area contributed by atoms with Crippen LogP contribution in [0.15, 0.2) is 71.6 Å². The highest BCUT2D eigenvalue weighted by atomic mass is 32.2. The molecule has 2 N–H and O–H groups in total. The Morgan fingerprint density at radius 3 is 2.37 bits per heavy atom. The van der Waals surface area contributed by atoms with Gasteiger partial charge in [-0.05, 0) is 68.8 Å². The van der Waals surface area contributed by atoms with Gasteiger partial charge in [0, 0.05) is 11.3 Å². The summed E-state index contributed by atoms with van der Waals surface area (Å²) in [4.78, 5) is 36.6. The first-order valence-electron chi connectivity index (χ1n) is 10.5. The van der Waals surface area contributed by atoms with Gasteiger partial charge in [0.2, 0.25) is 0 Å². The molecule has 35 heavy (non-hydrogen) atoms. The maximum absolute atomic E-state index is 13.5. The Balaban J connectivity index is 1.74. The van der Waals surface area contributed by atoms with E-state index in [1.165, 1.54) is 57.2 Å². The van der Waals surface area contributed by atoms with Crippen LogP contribution in [0, 0.1) is 12.7 Å². The quantitative estimate of drug-likeness (QED) is 0.353. The number of Topliss-reactive ketones (excluding diaryl/α,β-unsaturated/α-hetero) is 1. The third-order valence-corrected chi connectivity index (χ3v) is 6.38. The van der Waals surface area contributed by atoms with E-state index in [9.17, 15) is 27.2 Å². The number of halogens is 1. The molecule has 0 saturated heterocycles. The minimum absolute atomic E-state index is 0.0683. The second-order valence-corrected chi connectivity index (χ2v) is 9.42. The third-order valence-electron chi connectivity index (χ3n) is 5.02. The normalized spacial score (nSPS) is 11.9. The van der Waals surface area contributed by atoms with E-state index in [0.29, 0.717) is 11.3 Å². The largest absolute Gasteiger partial charge is 0.449 e. The Kier molecular flexibility index (Phi) is 7.65. The van der Waals surface area contributed by atoms with Gasteiger partial charge < -0.3 is 10.1 Å². The second kappa shape index (κ2) is 10.5. The molecule has 1 amide bonds. The molecular formula is C25H23FN2O6S. The van der Waals surface area contributed by atoms with E-state index in [1.54, 1.807) is 18.2 Å². The summed E-state index contributed by atoms with van der Waals surface area (Å²) in [5.41, 5.74) is 0.724. The van der Waals surface area contributed by atoms with Crippen molar-refractivity contribution in [1.82, 2.24) is 0 Å². The van der Waals surface area contributed by atoms with Crippen LogP contribution in [-0.4, -0.2) is 32.2 Å². The molecule has 0 heterocycles. The smallest absolute Gasteiger partial charge is 0.341 e. The first-order chi connectivity index (χ1) is 16.5. The van der Waals surface area contributed by atoms with Crippen molar-refractivity contribution in [1.29, 1.82) is 0 Å². The molecule has 3 aromatic carbocycles. The molecule has 0 aliphatic heterocycles. The number of carbonyl (C=O) groups excluding carboxylic acids is 3. The molecule has 0 aliphatic rings. The Morgan fingerprint density at radius 1 is 0.971 bits per heavy atom. The van der Waals surface area contributed by atoms with E-state index in [0.717, 1.165) is 12.1 Å². The van der Waals surface area contributed by atoms with Crippen LogP contribution in [0.3, 0.4) is 0 Å². The fraction of sp³-hybridized carbons (Fsp3) is 0.160. The molecule has 0 bridgehead atoms. The highest BCUT2D eigenvalue weighted by Crippen LogP contribution is 2.23. The first kappa shape index (κ1) is 25.6. The molecule has 0 aromatic heterocycles. The zero-order chi connectivity index (χ0) is 25.8. The van der Waals surface area contributed by atoms with E-state index in [4.69, 9.17) is 4.74 Å². The van der Waals surface area contributed by atoms with E-state index in [-0.39, 0.29) is 27.5 Å². The molecule has 0 aliphatic carbocycles. The second-order valence-electron chi connectivity index (χ2n) is 7.74. The van der Waals surface area contributed by atoms with Crippen LogP contribution >= 0.6 is 0 Å². The number of benzene rings is 3. The van der Waals surface area contributed by atoms with Crippen LogP contribution in [0.5, 0.6) is 0 Å². The van der Waals surface area contributed by atoms with Gasteiger partial charge in [0.05, 0.1) is 16.1 Å². The molecule has 0 fully saturated rings. The highest BCUT2D eigenvalue weighted by molar-refractivity contribution is 7.92. The minimum atomic E-state index is -4.14. The van der Waals surface area contributed by atoms with Crippen molar-refractivity contribution < 1.29 is 31.9 Å². The van der Waals surface area contributed by atoms with Crippen LogP contribution in [-0.2, 0) is 19.6 Å². The lowest BCUT2D eigenvalue weighted by atomic mass is 10.1. The van der Waals surface area contributed by atoms with Crippen molar-refractivity contribution in [2.45, 2.75) is 31.8 Å². The topological polar surface area (TPSA) is 119 Å². The number of nitrogens with one attached hydrogen (secondary N) is 2. The zero-order valence-corrected chi connectivity index (χ0v) is 20.0. The van der Waals surface area contributed by atoms with Crippen LogP contribution in [0.2, 0.25) is 0 Å². The minimum Gasteiger partial charge on any atom is -0.449 e. The summed E-state index contributed by atoms with van der Waals surface area (Å²) in [6.07, 6.45) is -1.23. The predicted molar refractivity (Wildman–Crippen MR) is 128 cm³/mol. The predicted octanol–water partition coefficient (Wildman–Crippen LogP) is 4.32. The Bertz CT molecular complexity index is 1400. The summed E-state index contributed by atoms with van der Waals surface area (Å²) in [6.45, 7) is 4.19. The fourth-order valence-corrected chi connectivity index (χ4v) is 4.24. The number of hydrogen-bond acceptors (Lipinski definition) is 6. The number of esters is 1. The maximum atomic E-state index is 13.5. The molecule has 10 heteroatoms. The number of sulfonamides is 1. The van der Waals surface area contributed by atoms with Gasteiger partial charge in [-0.25, -0.2) is 17.6 Å². The summed E-state index contributed by atoms with van der Waals surface area (Å²) >= 11 is 0. The number of amides is 1. The van der Waals surface area contributed by atoms with Crippen LogP contribution in [0.4, 0.5) is 15.8 Å². The summed E-state index contributed by atoms with van der Waals surface area (Å²) in [5, 5.41) is 2.57. The van der Waals surface area contributed by atoms with Gasteiger partial charge in [-0.15, -0.1) is 0 Å². The van der Waals surface area contributed by atoms with Crippen molar-refractivity contribution in [2.75, 3.05) is 10.0 Å². The summed E-state index contributed by atoms with van der Waals surface area (Å²) in [6, 6.07) is 15.3. The van der Waals surface area contributed by atoms with Gasteiger partial charge >= 0.3 is 5.97 Å². The maximum Gasteiger partial charge on any atom is 0.341 e. The lowest BCUT2D eigenvalue weighted by Crippen LogP contribution is -2.30. The van der Waals surface area contributed by atoms with Gasteiger partial charge in [-0.2, -0.15) is 0 Å². The first-order valence-corrected chi connectivity index (χ1v) is 12.0. The number of carbonyl (C=O) groups is 3. The summed E-state index contributed by atoms with van der Waals surface area (Å²) in [7, 11) is -4.14. The molecule has 3 rings (SSSR count). The Hall–Kier alpha value is -4.05. The average Bonchev–Trinajstić information content (AvgIpc) is 2.80. The molecule has 3 aromatic rings. The lowest BCUT2D eigenvalue weighted by molar-refractivity contribution is -0.123. The van der Waals surface area contributed by atoms with E-state index in [1.807, 2.05) is 0 Å². The van der Waals surface area contributed by atoms with Gasteiger partial charge in [0.15, 0.2) is 11.9 Å². The van der Waals surface area contributed by atoms with Crippen molar-refractivity contribution in [3.8, 4) is 0 Å². The van der Waals surface area contributed by atoms with Gasteiger partial charge in [0.25, 0.3) is 15.9 Å². The van der Waals surface area contributed by atoms with Crippen molar-refractivity contribution in [3.05, 3.63) is 89.2 Å². The number of rotatable bonds is 8. The van der Waals surface area contributed by atoms with Gasteiger partial charge in [-0.3, -0.25) is 14.3 Å². The highest BCUT2D eigenvalue weighted by Gasteiger charge is 2.23. The molecule has 1 atom stereocenters. The van der Waals surface area contributed by atoms with Crippen LogP contribution in [0.1, 0.15) is 40.1 Å². The van der Waals surface area contributed by atoms with Crippen molar-refractivity contribution in [2.24, 2.45) is 0 Å². The Labute approximate surface area is 202 Å². The van der Waals surface area contributed by atoms with Crippen LogP contribution in [0.25, 0.3) is 0 Å². The standard InChI is InChI=1S/C25H23FN2O6S/c1-15-13-20(11-12-22(15)26)35(32,33)28-23-10-5-4-9-21(23)25(31)34-17(3)24(30)27-19-8-6-7-18(14-19)16(2)29/h4-14,17,28H,1-3H3,(H,27,30)/t17-/m1/s1.